The molecule has 0 radical (unpaired) electrons. The van der Waals surface area contributed by atoms with Gasteiger partial charge in [-0.1, -0.05) is 18.2 Å². The molecule has 1 atom stereocenters. The Labute approximate surface area is 214 Å². The Balaban J connectivity index is 1.36. The van der Waals surface area contributed by atoms with Crippen molar-refractivity contribution in [3.63, 3.8) is 0 Å². The summed E-state index contributed by atoms with van der Waals surface area (Å²) in [5, 5.41) is 15.9. The number of nitrogens with zero attached hydrogens (tertiary/aromatic N) is 3. The predicted molar refractivity (Wildman–Crippen MR) is 142 cm³/mol. The number of ether oxygens (including phenoxy) is 1. The van der Waals surface area contributed by atoms with Gasteiger partial charge in [0.25, 0.3) is 11.2 Å². The number of thiophene rings is 1. The molecule has 5 rings (SSSR count). The Morgan fingerprint density at radius 1 is 1.03 bits per heavy atom. The van der Waals surface area contributed by atoms with Crippen molar-refractivity contribution in [2.45, 2.75) is 13.0 Å². The summed E-state index contributed by atoms with van der Waals surface area (Å²) in [5.74, 6) is 0.947. The fraction of sp³-hybridized carbons (Fsp3) is 0.0741. The molecule has 1 amide bonds. The van der Waals surface area contributed by atoms with Gasteiger partial charge in [-0.3, -0.25) is 24.3 Å². The lowest BCUT2D eigenvalue weighted by atomic mass is 10.1. The number of nitro benzene ring substituents is 1. The van der Waals surface area contributed by atoms with Crippen LogP contribution in [0, 0.1) is 10.1 Å². The van der Waals surface area contributed by atoms with Gasteiger partial charge in [0.15, 0.2) is 0 Å². The van der Waals surface area contributed by atoms with Crippen molar-refractivity contribution in [3.8, 4) is 22.6 Å². The first kappa shape index (κ1) is 23.9. The number of aromatic nitrogens is 2. The highest BCUT2D eigenvalue weighted by Crippen LogP contribution is 2.32. The number of hydrogen-bond donors (Lipinski definition) is 1. The van der Waals surface area contributed by atoms with Crippen LogP contribution in [0.4, 0.5) is 11.4 Å². The Bertz CT molecular complexity index is 1650. The lowest BCUT2D eigenvalue weighted by molar-refractivity contribution is -0.384. The molecule has 0 aliphatic rings. The maximum Gasteiger partial charge on any atom is 0.269 e. The third-order valence-corrected chi connectivity index (χ3v) is 6.69. The maximum atomic E-state index is 13.4. The van der Waals surface area contributed by atoms with Gasteiger partial charge >= 0.3 is 0 Å². The normalized spacial score (nSPS) is 11.7. The number of nitrogens with one attached hydrogen (secondary N) is 1. The van der Waals surface area contributed by atoms with E-state index in [0.29, 0.717) is 38.5 Å². The van der Waals surface area contributed by atoms with E-state index >= 15 is 0 Å². The molecule has 0 bridgehead atoms. The summed E-state index contributed by atoms with van der Waals surface area (Å²) in [6, 6.07) is 21.4. The molecule has 0 aliphatic heterocycles. The molecular weight excluding hydrogens is 492 g/mol. The fourth-order valence-corrected chi connectivity index (χ4v) is 4.71. The predicted octanol–water partition coefficient (Wildman–Crippen LogP) is 6.03. The molecule has 2 aromatic heterocycles. The second-order valence-corrected chi connectivity index (χ2v) is 9.05. The van der Waals surface area contributed by atoms with Gasteiger partial charge in [0, 0.05) is 28.8 Å². The first-order chi connectivity index (χ1) is 17.9. The summed E-state index contributed by atoms with van der Waals surface area (Å²) >= 11 is 1.30. The first-order valence-electron chi connectivity index (χ1n) is 11.3. The van der Waals surface area contributed by atoms with Crippen LogP contribution in [-0.2, 0) is 4.79 Å². The third-order valence-electron chi connectivity index (χ3n) is 5.81. The molecular formula is C27H20N4O5S. The van der Waals surface area contributed by atoms with Gasteiger partial charge in [-0.05, 0) is 61.0 Å². The molecule has 0 spiro atoms. The molecule has 5 aromatic rings. The van der Waals surface area contributed by atoms with E-state index < -0.39 is 11.0 Å². The monoisotopic (exact) mass is 512 g/mol. The molecule has 3 aromatic carbocycles. The smallest absolute Gasteiger partial charge is 0.269 e. The Kier molecular flexibility index (Phi) is 6.48. The van der Waals surface area contributed by atoms with Crippen molar-refractivity contribution in [2.75, 3.05) is 5.32 Å². The number of hydrogen-bond acceptors (Lipinski definition) is 7. The molecule has 184 valence electrons. The van der Waals surface area contributed by atoms with Crippen molar-refractivity contribution >= 4 is 38.8 Å². The van der Waals surface area contributed by atoms with Crippen molar-refractivity contribution < 1.29 is 14.5 Å². The summed E-state index contributed by atoms with van der Waals surface area (Å²) in [7, 11) is 0. The van der Waals surface area contributed by atoms with Gasteiger partial charge in [-0.2, -0.15) is 0 Å². The number of fused-ring (bicyclic) bond motifs is 1. The molecule has 37 heavy (non-hydrogen) atoms. The summed E-state index contributed by atoms with van der Waals surface area (Å²) < 4.78 is 7.06. The highest BCUT2D eigenvalue weighted by molar-refractivity contribution is 7.17. The summed E-state index contributed by atoms with van der Waals surface area (Å²) in [5.41, 5.74) is 1.42. The van der Waals surface area contributed by atoms with Crippen LogP contribution < -0.4 is 15.6 Å². The molecule has 0 aliphatic carbocycles. The average molecular weight is 513 g/mol. The average Bonchev–Trinajstić information content (AvgIpc) is 3.35. The second-order valence-electron chi connectivity index (χ2n) is 8.20. The molecule has 9 nitrogen and oxygen atoms in total. The van der Waals surface area contributed by atoms with Gasteiger partial charge in [-0.15, -0.1) is 11.3 Å². The van der Waals surface area contributed by atoms with Crippen LogP contribution in [0.1, 0.15) is 13.0 Å². The van der Waals surface area contributed by atoms with Crippen LogP contribution in [0.2, 0.25) is 0 Å². The molecule has 10 heteroatoms. The van der Waals surface area contributed by atoms with Crippen LogP contribution in [0.5, 0.6) is 11.5 Å². The number of non-ortho nitro benzene ring substituents is 1. The molecule has 0 fully saturated rings. The highest BCUT2D eigenvalue weighted by Gasteiger charge is 2.21. The highest BCUT2D eigenvalue weighted by atomic mass is 32.1. The van der Waals surface area contributed by atoms with E-state index in [-0.39, 0.29) is 17.2 Å². The van der Waals surface area contributed by atoms with E-state index in [1.54, 1.807) is 48.7 Å². The number of carbonyl (C=O) groups is 1. The van der Waals surface area contributed by atoms with E-state index in [1.807, 2.05) is 30.3 Å². The van der Waals surface area contributed by atoms with Crippen molar-refractivity contribution in [3.05, 3.63) is 111 Å². The minimum Gasteiger partial charge on any atom is -0.457 e. The van der Waals surface area contributed by atoms with Crippen LogP contribution in [0.15, 0.2) is 95.4 Å². The summed E-state index contributed by atoms with van der Waals surface area (Å²) in [6.45, 7) is 1.62. The second kappa shape index (κ2) is 10.0. The zero-order valence-electron chi connectivity index (χ0n) is 19.5. The lowest BCUT2D eigenvalue weighted by Crippen LogP contribution is -2.31. The fourth-order valence-electron chi connectivity index (χ4n) is 3.80. The largest absolute Gasteiger partial charge is 0.457 e. The SMILES string of the molecule is CC(C(=O)Nc1ccc(Oc2ccccc2)cc1)n1cnc2scc(-c3ccc([N+](=O)[O-])cc3)c2c1=O. The molecule has 2 heterocycles. The Morgan fingerprint density at radius 3 is 2.38 bits per heavy atom. The number of rotatable bonds is 7. The minimum atomic E-state index is -0.839. The van der Waals surface area contributed by atoms with E-state index in [9.17, 15) is 19.7 Å². The zero-order valence-corrected chi connectivity index (χ0v) is 20.3. The van der Waals surface area contributed by atoms with Crippen molar-refractivity contribution in [1.29, 1.82) is 0 Å². The van der Waals surface area contributed by atoms with Gasteiger partial charge in [0.05, 0.1) is 16.6 Å². The molecule has 0 saturated carbocycles. The molecule has 1 unspecified atom stereocenters. The third kappa shape index (κ3) is 4.95. The van der Waals surface area contributed by atoms with Gasteiger partial charge < -0.3 is 10.1 Å². The summed E-state index contributed by atoms with van der Waals surface area (Å²) in [6.07, 6.45) is 1.36. The van der Waals surface area contributed by atoms with Crippen molar-refractivity contribution in [1.82, 2.24) is 9.55 Å². The number of para-hydroxylation sites is 1. The Morgan fingerprint density at radius 2 is 1.70 bits per heavy atom. The van der Waals surface area contributed by atoms with Crippen LogP contribution in [0.3, 0.4) is 0 Å². The van der Waals surface area contributed by atoms with E-state index in [4.69, 9.17) is 4.74 Å². The van der Waals surface area contributed by atoms with Crippen molar-refractivity contribution in [2.24, 2.45) is 0 Å². The first-order valence-corrected chi connectivity index (χ1v) is 12.2. The van der Waals surface area contributed by atoms with E-state index in [1.165, 1.54) is 34.4 Å². The van der Waals surface area contributed by atoms with Crippen LogP contribution in [-0.4, -0.2) is 20.4 Å². The number of amides is 1. The van der Waals surface area contributed by atoms with E-state index in [2.05, 4.69) is 10.3 Å². The Hall–Kier alpha value is -4.83. The van der Waals surface area contributed by atoms with Gasteiger partial charge in [0.1, 0.15) is 22.4 Å². The lowest BCUT2D eigenvalue weighted by Gasteiger charge is -2.15. The topological polar surface area (TPSA) is 116 Å². The van der Waals surface area contributed by atoms with Crippen LogP contribution >= 0.6 is 11.3 Å². The maximum absolute atomic E-state index is 13.4. The number of benzene rings is 3. The molecule has 0 saturated heterocycles. The van der Waals surface area contributed by atoms with Gasteiger partial charge in [0.2, 0.25) is 5.91 Å². The molecule has 1 N–H and O–H groups in total. The standard InChI is InChI=1S/C27H20N4O5S/c1-17(25(32)29-19-9-13-22(14-10-19)36-21-5-3-2-4-6-21)30-16-28-26-24(27(30)33)23(15-37-26)18-7-11-20(12-8-18)31(34)35/h2-17H,1H3,(H,29,32). The summed E-state index contributed by atoms with van der Waals surface area (Å²) in [4.78, 5) is 41.8. The minimum absolute atomic E-state index is 0.0382. The van der Waals surface area contributed by atoms with E-state index in [0.717, 1.165) is 0 Å². The number of nitro groups is 1. The quantitative estimate of drug-likeness (QED) is 0.210. The number of anilines is 1. The number of carbonyl (C=O) groups excluding carboxylic acids is 1. The zero-order chi connectivity index (χ0) is 25.9. The van der Waals surface area contributed by atoms with Gasteiger partial charge in [-0.25, -0.2) is 4.98 Å². The van der Waals surface area contributed by atoms with Crippen LogP contribution in [0.25, 0.3) is 21.3 Å².